The first-order chi connectivity index (χ1) is 7.59. The number of rotatable bonds is 6. The summed E-state index contributed by atoms with van der Waals surface area (Å²) >= 11 is 0. The molecule has 0 saturated carbocycles. The lowest BCUT2D eigenvalue weighted by molar-refractivity contribution is -0.132. The third-order valence-electron chi connectivity index (χ3n) is 2.79. The molecule has 1 aliphatic rings. The van der Waals surface area contributed by atoms with Gasteiger partial charge in [-0.2, -0.15) is 0 Å². The van der Waals surface area contributed by atoms with Crippen LogP contribution in [0.2, 0.25) is 0 Å². The number of allylic oxidation sites excluding steroid dienone is 1. The normalized spacial score (nSPS) is 24.9. The molecule has 0 bridgehead atoms. The first-order valence-corrected chi connectivity index (χ1v) is 6.18. The molecule has 1 atom stereocenters. The second-order valence-electron chi connectivity index (χ2n) is 4.37. The van der Waals surface area contributed by atoms with Gasteiger partial charge in [0, 0.05) is 6.42 Å². The van der Waals surface area contributed by atoms with Gasteiger partial charge in [-0.15, -0.1) is 0 Å². The lowest BCUT2D eigenvalue weighted by Crippen LogP contribution is -2.34. The van der Waals surface area contributed by atoms with Crippen LogP contribution in [-0.4, -0.2) is 18.0 Å². The smallest absolute Gasteiger partial charge is 0.243 e. The molecule has 0 aromatic carbocycles. The molecule has 0 aromatic heterocycles. The Morgan fingerprint density at radius 2 is 1.94 bits per heavy atom. The van der Waals surface area contributed by atoms with Crippen LogP contribution in [-0.2, 0) is 14.3 Å². The molecular weight excluding hydrogens is 204 g/mol. The maximum atomic E-state index is 12.2. The summed E-state index contributed by atoms with van der Waals surface area (Å²) in [5.74, 6) is 1.19. The molecule has 1 rings (SSSR count). The zero-order valence-electron chi connectivity index (χ0n) is 10.8. The highest BCUT2D eigenvalue weighted by Gasteiger charge is 2.45. The summed E-state index contributed by atoms with van der Waals surface area (Å²) in [5, 5.41) is 0. The number of carbonyl (C=O) groups is 1. The van der Waals surface area contributed by atoms with Crippen molar-refractivity contribution in [1.82, 2.24) is 0 Å². The zero-order valence-corrected chi connectivity index (χ0v) is 10.8. The summed E-state index contributed by atoms with van der Waals surface area (Å²) < 4.78 is 11.3. The molecule has 0 aromatic rings. The predicted molar refractivity (Wildman–Crippen MR) is 63.0 cm³/mol. The quantitative estimate of drug-likeness (QED) is 0.697. The lowest BCUT2D eigenvalue weighted by atomic mass is 9.95. The van der Waals surface area contributed by atoms with Gasteiger partial charge < -0.3 is 9.47 Å². The van der Waals surface area contributed by atoms with Crippen molar-refractivity contribution in [3.8, 4) is 0 Å². The monoisotopic (exact) mass is 226 g/mol. The van der Waals surface area contributed by atoms with Crippen LogP contribution in [0.25, 0.3) is 0 Å². The number of carbonyl (C=O) groups excluding carboxylic acids is 1. The van der Waals surface area contributed by atoms with Gasteiger partial charge in [0.1, 0.15) is 5.76 Å². The Balaban J connectivity index is 2.82. The summed E-state index contributed by atoms with van der Waals surface area (Å²) in [6, 6.07) is 0. The fraction of sp³-hybridized carbons (Fsp3) is 0.769. The van der Waals surface area contributed by atoms with Gasteiger partial charge >= 0.3 is 0 Å². The number of ketones is 1. The fourth-order valence-electron chi connectivity index (χ4n) is 1.96. The highest BCUT2D eigenvalue weighted by molar-refractivity contribution is 6.02. The fourth-order valence-corrected chi connectivity index (χ4v) is 1.96. The third kappa shape index (κ3) is 2.39. The third-order valence-corrected chi connectivity index (χ3v) is 2.79. The van der Waals surface area contributed by atoms with Crippen molar-refractivity contribution in [1.29, 1.82) is 0 Å². The summed E-state index contributed by atoms with van der Waals surface area (Å²) in [4.78, 5) is 12.2. The van der Waals surface area contributed by atoms with Gasteiger partial charge in [0.15, 0.2) is 5.60 Å². The van der Waals surface area contributed by atoms with Crippen molar-refractivity contribution in [2.45, 2.75) is 59.0 Å². The number of hydrogen-bond acceptors (Lipinski definition) is 3. The largest absolute Gasteiger partial charge is 0.487 e. The Morgan fingerprint density at radius 3 is 2.44 bits per heavy atom. The van der Waals surface area contributed by atoms with Crippen molar-refractivity contribution in [2.24, 2.45) is 0 Å². The molecule has 0 radical (unpaired) electrons. The molecule has 3 nitrogen and oxygen atoms in total. The molecule has 1 unspecified atom stereocenters. The number of hydrogen-bond donors (Lipinski definition) is 0. The summed E-state index contributed by atoms with van der Waals surface area (Å²) in [5.41, 5.74) is -0.691. The van der Waals surface area contributed by atoms with Crippen molar-refractivity contribution in [2.75, 3.05) is 6.61 Å². The van der Waals surface area contributed by atoms with E-state index in [0.717, 1.165) is 25.0 Å². The van der Waals surface area contributed by atoms with Crippen LogP contribution < -0.4 is 0 Å². The maximum Gasteiger partial charge on any atom is 0.243 e. The summed E-state index contributed by atoms with van der Waals surface area (Å²) in [6.45, 7) is 8.50. The Kier molecular flexibility index (Phi) is 4.39. The first kappa shape index (κ1) is 13.1. The van der Waals surface area contributed by atoms with Crippen LogP contribution in [0.5, 0.6) is 0 Å². The van der Waals surface area contributed by atoms with Gasteiger partial charge in [0.2, 0.25) is 11.5 Å². The molecule has 1 aliphatic heterocycles. The predicted octanol–water partition coefficient (Wildman–Crippen LogP) is 3.19. The number of Topliss-reactive ketones (excluding diaryl/α,β-unsaturated/α-hetero) is 1. The molecule has 0 fully saturated rings. The maximum absolute atomic E-state index is 12.2. The van der Waals surface area contributed by atoms with Gasteiger partial charge in [-0.25, -0.2) is 0 Å². The minimum atomic E-state index is -0.691. The average molecular weight is 226 g/mol. The van der Waals surface area contributed by atoms with Crippen LogP contribution in [0, 0.1) is 0 Å². The molecule has 0 N–H and O–H groups in total. The zero-order chi connectivity index (χ0) is 12.2. The summed E-state index contributed by atoms with van der Waals surface area (Å²) in [7, 11) is 0. The van der Waals surface area contributed by atoms with Crippen LogP contribution >= 0.6 is 0 Å². The second kappa shape index (κ2) is 5.37. The van der Waals surface area contributed by atoms with E-state index in [9.17, 15) is 4.79 Å². The van der Waals surface area contributed by atoms with Crippen LogP contribution in [0.1, 0.15) is 53.4 Å². The topological polar surface area (TPSA) is 35.5 Å². The molecule has 0 spiro atoms. The Labute approximate surface area is 97.8 Å². The van der Waals surface area contributed by atoms with Crippen LogP contribution in [0.4, 0.5) is 0 Å². The van der Waals surface area contributed by atoms with Gasteiger partial charge in [-0.05, 0) is 19.8 Å². The molecule has 0 saturated heterocycles. The average Bonchev–Trinajstić information content (AvgIpc) is 2.50. The van der Waals surface area contributed by atoms with Gasteiger partial charge in [-0.3, -0.25) is 4.79 Å². The standard InChI is InChI=1S/C13H22O3/c1-5-8-13(4)12(14)11(15-9-6-2)10(7-3)16-13/h5-9H2,1-4H3. The van der Waals surface area contributed by atoms with E-state index in [1.807, 2.05) is 20.8 Å². The molecule has 16 heavy (non-hydrogen) atoms. The molecule has 1 heterocycles. The van der Waals surface area contributed by atoms with E-state index in [2.05, 4.69) is 6.92 Å². The van der Waals surface area contributed by atoms with Gasteiger partial charge in [0.25, 0.3) is 0 Å². The Bertz CT molecular complexity index is 294. The Morgan fingerprint density at radius 1 is 1.25 bits per heavy atom. The van der Waals surface area contributed by atoms with E-state index in [0.29, 0.717) is 18.8 Å². The first-order valence-electron chi connectivity index (χ1n) is 6.18. The summed E-state index contributed by atoms with van der Waals surface area (Å²) in [6.07, 6.45) is 3.29. The molecule has 92 valence electrons. The molecule has 3 heteroatoms. The second-order valence-corrected chi connectivity index (χ2v) is 4.37. The van der Waals surface area contributed by atoms with E-state index in [1.54, 1.807) is 0 Å². The molecule has 0 aliphatic carbocycles. The minimum absolute atomic E-state index is 0.0136. The van der Waals surface area contributed by atoms with Crippen molar-refractivity contribution in [3.05, 3.63) is 11.5 Å². The Hall–Kier alpha value is -0.990. The number of ether oxygens (including phenoxy) is 2. The van der Waals surface area contributed by atoms with E-state index >= 15 is 0 Å². The van der Waals surface area contributed by atoms with Crippen molar-refractivity contribution in [3.63, 3.8) is 0 Å². The van der Waals surface area contributed by atoms with Crippen molar-refractivity contribution < 1.29 is 14.3 Å². The van der Waals surface area contributed by atoms with E-state index < -0.39 is 5.60 Å². The van der Waals surface area contributed by atoms with E-state index in [-0.39, 0.29) is 5.78 Å². The molecular formula is C13H22O3. The van der Waals surface area contributed by atoms with Crippen LogP contribution in [0.15, 0.2) is 11.5 Å². The molecule has 0 amide bonds. The van der Waals surface area contributed by atoms with Crippen LogP contribution in [0.3, 0.4) is 0 Å². The SMILES string of the molecule is CCCOC1=C(CC)OC(C)(CCC)C1=O. The van der Waals surface area contributed by atoms with Gasteiger partial charge in [-0.1, -0.05) is 27.2 Å². The minimum Gasteiger partial charge on any atom is -0.487 e. The highest BCUT2D eigenvalue weighted by atomic mass is 16.6. The van der Waals surface area contributed by atoms with Gasteiger partial charge in [0.05, 0.1) is 6.61 Å². The lowest BCUT2D eigenvalue weighted by Gasteiger charge is -2.22. The highest BCUT2D eigenvalue weighted by Crippen LogP contribution is 2.35. The van der Waals surface area contributed by atoms with E-state index in [1.165, 1.54) is 0 Å². The van der Waals surface area contributed by atoms with E-state index in [4.69, 9.17) is 9.47 Å². The van der Waals surface area contributed by atoms with Crippen molar-refractivity contribution >= 4 is 5.78 Å².